The molecule has 2 aliphatic rings. The lowest BCUT2D eigenvalue weighted by Crippen LogP contribution is -2.42. The van der Waals surface area contributed by atoms with Crippen LogP contribution in [0, 0.1) is 0 Å². The summed E-state index contributed by atoms with van der Waals surface area (Å²) in [4.78, 5) is 27.2. The minimum absolute atomic E-state index is 0.0405. The van der Waals surface area contributed by atoms with Crippen molar-refractivity contribution < 1.29 is 22.8 Å². The Morgan fingerprint density at radius 2 is 1.75 bits per heavy atom. The molecule has 2 aromatic rings. The van der Waals surface area contributed by atoms with E-state index in [2.05, 4.69) is 5.32 Å². The van der Waals surface area contributed by atoms with Gasteiger partial charge in [-0.3, -0.25) is 14.5 Å². The van der Waals surface area contributed by atoms with E-state index in [0.29, 0.717) is 11.1 Å². The minimum atomic E-state index is -4.53. The number of benzene rings is 2. The number of alkyl halides is 3. The molecule has 1 heterocycles. The number of hydrogen-bond acceptors (Lipinski definition) is 2. The summed E-state index contributed by atoms with van der Waals surface area (Å²) in [7, 11) is 0. The van der Waals surface area contributed by atoms with Crippen LogP contribution in [0.4, 0.5) is 18.9 Å². The third kappa shape index (κ3) is 3.25. The molecule has 1 aliphatic carbocycles. The van der Waals surface area contributed by atoms with Gasteiger partial charge in [0.2, 0.25) is 5.91 Å². The van der Waals surface area contributed by atoms with Crippen molar-refractivity contribution >= 4 is 17.5 Å². The predicted octanol–water partition coefficient (Wildman–Crippen LogP) is 4.47. The Balaban J connectivity index is 1.74. The van der Waals surface area contributed by atoms with Crippen LogP contribution in [0.25, 0.3) is 0 Å². The topological polar surface area (TPSA) is 49.4 Å². The fourth-order valence-corrected chi connectivity index (χ4v) is 4.02. The monoisotopic (exact) mass is 388 g/mol. The Morgan fingerprint density at radius 1 is 1.04 bits per heavy atom. The van der Waals surface area contributed by atoms with Gasteiger partial charge in [0.1, 0.15) is 6.04 Å². The Labute approximate surface area is 160 Å². The van der Waals surface area contributed by atoms with Crippen molar-refractivity contribution in [3.63, 3.8) is 0 Å². The predicted molar refractivity (Wildman–Crippen MR) is 97.8 cm³/mol. The molecule has 2 aromatic carbocycles. The summed E-state index contributed by atoms with van der Waals surface area (Å²) in [5, 5.41) is 2.97. The molecule has 1 fully saturated rings. The summed E-state index contributed by atoms with van der Waals surface area (Å²) in [6.45, 7) is 0. The number of carbonyl (C=O) groups excluding carboxylic acids is 2. The van der Waals surface area contributed by atoms with Gasteiger partial charge >= 0.3 is 6.18 Å². The van der Waals surface area contributed by atoms with Crippen molar-refractivity contribution in [2.24, 2.45) is 0 Å². The second kappa shape index (κ2) is 6.96. The van der Waals surface area contributed by atoms with Crippen molar-refractivity contribution in [2.45, 2.75) is 43.9 Å². The molecule has 4 nitrogen and oxygen atoms in total. The highest BCUT2D eigenvalue weighted by Crippen LogP contribution is 2.40. The van der Waals surface area contributed by atoms with Crippen molar-refractivity contribution in [1.29, 1.82) is 0 Å². The lowest BCUT2D eigenvalue weighted by atomic mass is 10.0. The first-order valence-corrected chi connectivity index (χ1v) is 9.26. The summed E-state index contributed by atoms with van der Waals surface area (Å²) in [5.41, 5.74) is 0.0539. The van der Waals surface area contributed by atoms with Crippen molar-refractivity contribution in [3.05, 3.63) is 65.2 Å². The zero-order valence-corrected chi connectivity index (χ0v) is 15.0. The number of hydrogen-bond donors (Lipinski definition) is 1. The average molecular weight is 388 g/mol. The first-order valence-electron chi connectivity index (χ1n) is 9.26. The highest BCUT2D eigenvalue weighted by Gasteiger charge is 2.43. The van der Waals surface area contributed by atoms with E-state index < -0.39 is 23.7 Å². The third-order valence-electron chi connectivity index (χ3n) is 5.36. The molecular formula is C21H19F3N2O2. The molecule has 1 unspecified atom stereocenters. The first-order chi connectivity index (χ1) is 13.4. The van der Waals surface area contributed by atoms with Gasteiger partial charge in [0.05, 0.1) is 5.56 Å². The van der Waals surface area contributed by atoms with Gasteiger partial charge in [0.25, 0.3) is 5.91 Å². The van der Waals surface area contributed by atoms with Crippen LogP contribution < -0.4 is 10.2 Å². The lowest BCUT2D eigenvalue weighted by molar-refractivity contribution is -0.137. The smallest absolute Gasteiger partial charge is 0.351 e. The van der Waals surface area contributed by atoms with Crippen LogP contribution in [0.3, 0.4) is 0 Å². The fraction of sp³-hybridized carbons (Fsp3) is 0.333. The molecule has 7 heteroatoms. The van der Waals surface area contributed by atoms with E-state index in [-0.39, 0.29) is 17.6 Å². The molecule has 146 valence electrons. The molecular weight excluding hydrogens is 369 g/mol. The standard InChI is InChI=1S/C21H19F3N2O2/c22-21(23,24)13-6-5-9-15(12-13)26-18(19(27)25-14-7-1-2-8-14)16-10-3-4-11-17(16)20(26)28/h3-6,9-12,14,18H,1-2,7-8H2,(H,25,27). The summed E-state index contributed by atoms with van der Waals surface area (Å²) in [5.74, 6) is -0.830. The van der Waals surface area contributed by atoms with Crippen molar-refractivity contribution in [1.82, 2.24) is 5.32 Å². The van der Waals surface area contributed by atoms with E-state index in [1.54, 1.807) is 24.3 Å². The maximum atomic E-state index is 13.2. The second-order valence-electron chi connectivity index (χ2n) is 7.20. The summed E-state index contributed by atoms with van der Waals surface area (Å²) in [6, 6.07) is 10.3. The zero-order chi connectivity index (χ0) is 19.9. The molecule has 1 atom stereocenters. The Hall–Kier alpha value is -2.83. The van der Waals surface area contributed by atoms with E-state index >= 15 is 0 Å². The molecule has 1 aliphatic heterocycles. The summed E-state index contributed by atoms with van der Waals surface area (Å²) < 4.78 is 39.5. The number of nitrogens with zero attached hydrogens (tertiary/aromatic N) is 1. The number of fused-ring (bicyclic) bond motifs is 1. The van der Waals surface area contributed by atoms with Gasteiger partial charge in [0.15, 0.2) is 0 Å². The molecule has 0 bridgehead atoms. The van der Waals surface area contributed by atoms with Crippen molar-refractivity contribution in [3.8, 4) is 0 Å². The number of amides is 2. The van der Waals surface area contributed by atoms with Crippen LogP contribution in [0.5, 0.6) is 0 Å². The lowest BCUT2D eigenvalue weighted by Gasteiger charge is -2.26. The van der Waals surface area contributed by atoms with Crippen LogP contribution >= 0.6 is 0 Å². The summed E-state index contributed by atoms with van der Waals surface area (Å²) in [6.07, 6.45) is -0.729. The quantitative estimate of drug-likeness (QED) is 0.844. The maximum absolute atomic E-state index is 13.2. The number of rotatable bonds is 3. The van der Waals surface area contributed by atoms with Crippen molar-refractivity contribution in [2.75, 3.05) is 4.90 Å². The van der Waals surface area contributed by atoms with Gasteiger partial charge in [-0.2, -0.15) is 13.2 Å². The molecule has 28 heavy (non-hydrogen) atoms. The maximum Gasteiger partial charge on any atom is 0.416 e. The highest BCUT2D eigenvalue weighted by atomic mass is 19.4. The number of carbonyl (C=O) groups is 2. The second-order valence-corrected chi connectivity index (χ2v) is 7.20. The molecule has 0 radical (unpaired) electrons. The van der Waals surface area contributed by atoms with Crippen LogP contribution in [-0.2, 0) is 11.0 Å². The molecule has 4 rings (SSSR count). The van der Waals surface area contributed by atoms with Crippen LogP contribution in [0.2, 0.25) is 0 Å². The molecule has 0 aromatic heterocycles. The molecule has 0 saturated heterocycles. The number of anilines is 1. The van der Waals surface area contributed by atoms with Gasteiger partial charge in [-0.1, -0.05) is 37.1 Å². The highest BCUT2D eigenvalue weighted by molar-refractivity contribution is 6.15. The van der Waals surface area contributed by atoms with E-state index in [0.717, 1.165) is 37.8 Å². The molecule has 1 saturated carbocycles. The average Bonchev–Trinajstić information content (AvgIpc) is 3.27. The molecule has 0 spiro atoms. The van der Waals surface area contributed by atoms with Gasteiger partial charge in [-0.25, -0.2) is 0 Å². The molecule has 1 N–H and O–H groups in total. The van der Waals surface area contributed by atoms with E-state index in [1.807, 2.05) is 0 Å². The Morgan fingerprint density at radius 3 is 2.46 bits per heavy atom. The number of halogens is 3. The zero-order valence-electron chi connectivity index (χ0n) is 15.0. The van der Waals surface area contributed by atoms with Crippen LogP contribution in [0.1, 0.15) is 53.2 Å². The van der Waals surface area contributed by atoms with E-state index in [9.17, 15) is 22.8 Å². The minimum Gasteiger partial charge on any atom is -0.351 e. The largest absolute Gasteiger partial charge is 0.416 e. The Bertz CT molecular complexity index is 920. The Kier molecular flexibility index (Phi) is 4.61. The van der Waals surface area contributed by atoms with Gasteiger partial charge < -0.3 is 5.32 Å². The summed E-state index contributed by atoms with van der Waals surface area (Å²) >= 11 is 0. The van der Waals surface area contributed by atoms with Crippen LogP contribution in [0.15, 0.2) is 48.5 Å². The normalized spacial score (nSPS) is 19.8. The van der Waals surface area contributed by atoms with Gasteiger partial charge in [0, 0.05) is 17.3 Å². The SMILES string of the molecule is O=C(NC1CCCC1)C1c2ccccc2C(=O)N1c1cccc(C(F)(F)F)c1. The van der Waals surface area contributed by atoms with Gasteiger partial charge in [-0.05, 0) is 42.7 Å². The number of nitrogens with one attached hydrogen (secondary N) is 1. The first kappa shape index (κ1) is 18.5. The van der Waals surface area contributed by atoms with E-state index in [1.165, 1.54) is 17.0 Å². The third-order valence-corrected chi connectivity index (χ3v) is 5.36. The molecule has 2 amide bonds. The van der Waals surface area contributed by atoms with Crippen LogP contribution in [-0.4, -0.2) is 17.9 Å². The fourth-order valence-electron chi connectivity index (χ4n) is 4.02. The van der Waals surface area contributed by atoms with Gasteiger partial charge in [-0.15, -0.1) is 0 Å². The van der Waals surface area contributed by atoms with E-state index in [4.69, 9.17) is 0 Å².